The summed E-state index contributed by atoms with van der Waals surface area (Å²) in [5.74, 6) is 0.522. The van der Waals surface area contributed by atoms with E-state index >= 15 is 0 Å². The predicted molar refractivity (Wildman–Crippen MR) is 141 cm³/mol. The van der Waals surface area contributed by atoms with Crippen molar-refractivity contribution in [1.29, 1.82) is 0 Å². The Morgan fingerprint density at radius 2 is 1.84 bits per heavy atom. The number of likely N-dealkylation sites (N-methyl/N-ethyl adjacent to an activating group) is 1. The number of carboxylic acid groups (broad SMARTS) is 1. The van der Waals surface area contributed by atoms with Crippen LogP contribution in [-0.4, -0.2) is 48.5 Å². The molecule has 0 saturated carbocycles. The Bertz CT molecular complexity index is 1100. The maximum absolute atomic E-state index is 13.6. The van der Waals surface area contributed by atoms with Gasteiger partial charge in [-0.25, -0.2) is 0 Å². The summed E-state index contributed by atoms with van der Waals surface area (Å²) in [6.07, 6.45) is 2.71. The number of benzene rings is 2. The van der Waals surface area contributed by atoms with Crippen molar-refractivity contribution in [3.05, 3.63) is 60.4 Å². The molecule has 0 spiro atoms. The number of unbranched alkanes of at least 4 members (excludes halogenated alkanes) is 1. The van der Waals surface area contributed by atoms with Crippen LogP contribution in [0.4, 0.5) is 0 Å². The van der Waals surface area contributed by atoms with Gasteiger partial charge in [0.2, 0.25) is 0 Å². The van der Waals surface area contributed by atoms with Gasteiger partial charge in [0.05, 0.1) is 19.2 Å². The zero-order valence-corrected chi connectivity index (χ0v) is 22.3. The summed E-state index contributed by atoms with van der Waals surface area (Å²) in [6, 6.07) is 11.3. The second-order valence-electron chi connectivity index (χ2n) is 7.58. The number of hydrogen-bond donors (Lipinski definition) is 1. The molecule has 1 heterocycles. The van der Waals surface area contributed by atoms with Crippen molar-refractivity contribution in [2.45, 2.75) is 26.2 Å². The number of nitrogens with zero attached hydrogens (tertiary/aromatic N) is 1. The number of carboxylic acids is 1. The Hall–Kier alpha value is -1.66. The lowest BCUT2D eigenvalue weighted by Gasteiger charge is -2.16. The van der Waals surface area contributed by atoms with Crippen LogP contribution in [0, 0.1) is 7.14 Å². The van der Waals surface area contributed by atoms with Crippen LogP contribution in [0.15, 0.2) is 40.8 Å². The lowest BCUT2D eigenvalue weighted by Crippen LogP contribution is -2.29. The summed E-state index contributed by atoms with van der Waals surface area (Å²) in [5, 5.41) is 9.70. The van der Waals surface area contributed by atoms with Crippen LogP contribution in [0.3, 0.4) is 0 Å². The average molecular weight is 661 g/mol. The monoisotopic (exact) mass is 661 g/mol. The topological polar surface area (TPSA) is 80.0 Å². The number of carbonyl (C=O) groups is 2. The van der Waals surface area contributed by atoms with Crippen LogP contribution in [0.5, 0.6) is 5.75 Å². The van der Waals surface area contributed by atoms with Crippen LogP contribution >= 0.6 is 45.2 Å². The third-order valence-corrected chi connectivity index (χ3v) is 6.64. The molecule has 0 saturated heterocycles. The Labute approximate surface area is 214 Å². The van der Waals surface area contributed by atoms with Gasteiger partial charge in [0.15, 0.2) is 5.78 Å². The van der Waals surface area contributed by atoms with E-state index in [-0.39, 0.29) is 12.3 Å². The van der Waals surface area contributed by atoms with E-state index in [1.165, 1.54) is 0 Å². The van der Waals surface area contributed by atoms with Crippen molar-refractivity contribution in [2.24, 2.45) is 0 Å². The van der Waals surface area contributed by atoms with Crippen molar-refractivity contribution in [2.75, 3.05) is 26.7 Å². The molecule has 1 aromatic heterocycles. The van der Waals surface area contributed by atoms with Crippen molar-refractivity contribution in [1.82, 2.24) is 4.90 Å². The van der Waals surface area contributed by atoms with Gasteiger partial charge in [0.1, 0.15) is 23.7 Å². The first-order valence-corrected chi connectivity index (χ1v) is 12.5. The van der Waals surface area contributed by atoms with Crippen molar-refractivity contribution in [3.63, 3.8) is 0 Å². The minimum atomic E-state index is -0.871. The Morgan fingerprint density at radius 1 is 1.16 bits per heavy atom. The number of aryl methyl sites for hydroxylation is 1. The highest BCUT2D eigenvalue weighted by Gasteiger charge is 2.23. The molecule has 3 rings (SSSR count). The molecule has 0 radical (unpaired) electrons. The molecule has 0 unspecified atom stereocenters. The van der Waals surface area contributed by atoms with E-state index in [4.69, 9.17) is 14.3 Å². The van der Waals surface area contributed by atoms with Gasteiger partial charge in [0, 0.05) is 23.9 Å². The fourth-order valence-electron chi connectivity index (χ4n) is 3.45. The molecular formula is C24H25I2NO5. The Morgan fingerprint density at radius 3 is 2.50 bits per heavy atom. The quantitative estimate of drug-likeness (QED) is 0.213. The fourth-order valence-corrected chi connectivity index (χ4v) is 5.52. The van der Waals surface area contributed by atoms with Crippen LogP contribution in [0.25, 0.3) is 11.0 Å². The fraction of sp³-hybridized carbons (Fsp3) is 0.333. The maximum atomic E-state index is 13.6. The standard InChI is InChI=1S/C24H25I2NO5/c1-3-4-8-20-22(16-7-5-6-9-19(16)32-20)23(30)15-12-17(25)24(18(26)13-15)31-11-10-27(2)14-21(28)29/h5-7,9,12-13H,3-4,8,10-11,14H2,1-2H3,(H,28,29). The molecule has 0 amide bonds. The zero-order chi connectivity index (χ0) is 23.3. The number of furan rings is 1. The number of hydrogen-bond acceptors (Lipinski definition) is 5. The second kappa shape index (κ2) is 11.5. The molecule has 2 aromatic carbocycles. The summed E-state index contributed by atoms with van der Waals surface area (Å²) in [4.78, 5) is 26.0. The zero-order valence-electron chi connectivity index (χ0n) is 18.0. The van der Waals surface area contributed by atoms with Crippen LogP contribution in [0.2, 0.25) is 0 Å². The summed E-state index contributed by atoms with van der Waals surface area (Å²) < 4.78 is 13.6. The van der Waals surface area contributed by atoms with Crippen LogP contribution < -0.4 is 4.74 Å². The molecule has 0 bridgehead atoms. The van der Waals surface area contributed by atoms with E-state index in [1.807, 2.05) is 36.4 Å². The molecule has 1 N–H and O–H groups in total. The molecule has 6 nitrogen and oxygen atoms in total. The van der Waals surface area contributed by atoms with Gasteiger partial charge < -0.3 is 14.3 Å². The smallest absolute Gasteiger partial charge is 0.317 e. The lowest BCUT2D eigenvalue weighted by molar-refractivity contribution is -0.138. The van der Waals surface area contributed by atoms with E-state index in [0.717, 1.165) is 43.1 Å². The normalized spacial score (nSPS) is 11.3. The number of para-hydroxylation sites is 1. The van der Waals surface area contributed by atoms with Gasteiger partial charge in [0.25, 0.3) is 0 Å². The summed E-state index contributed by atoms with van der Waals surface area (Å²) in [5.41, 5.74) is 1.97. The van der Waals surface area contributed by atoms with E-state index in [1.54, 1.807) is 11.9 Å². The maximum Gasteiger partial charge on any atom is 0.317 e. The van der Waals surface area contributed by atoms with E-state index in [0.29, 0.717) is 30.0 Å². The molecule has 8 heteroatoms. The number of carbonyl (C=O) groups excluding carboxylic acids is 1. The molecule has 0 aliphatic rings. The lowest BCUT2D eigenvalue weighted by atomic mass is 9.98. The van der Waals surface area contributed by atoms with E-state index in [9.17, 15) is 9.59 Å². The van der Waals surface area contributed by atoms with Gasteiger partial charge >= 0.3 is 5.97 Å². The molecule has 0 fully saturated rings. The molecule has 0 aliphatic carbocycles. The van der Waals surface area contributed by atoms with Gasteiger partial charge in [-0.3, -0.25) is 14.5 Å². The SMILES string of the molecule is CCCCc1oc2ccccc2c1C(=O)c1cc(I)c(OCCN(C)CC(=O)O)c(I)c1. The minimum absolute atomic E-state index is 0.0377. The third-order valence-electron chi connectivity index (χ3n) is 5.04. The minimum Gasteiger partial charge on any atom is -0.490 e. The number of halogens is 2. The number of ketones is 1. The molecule has 170 valence electrons. The van der Waals surface area contributed by atoms with Crippen molar-refractivity contribution >= 4 is 67.9 Å². The van der Waals surface area contributed by atoms with Crippen molar-refractivity contribution in [3.8, 4) is 5.75 Å². The largest absolute Gasteiger partial charge is 0.490 e. The molecule has 3 aromatic rings. The predicted octanol–water partition coefficient (Wildman–Crippen LogP) is 5.61. The van der Waals surface area contributed by atoms with Crippen molar-refractivity contribution < 1.29 is 23.8 Å². The highest BCUT2D eigenvalue weighted by molar-refractivity contribution is 14.1. The molecular weight excluding hydrogens is 636 g/mol. The summed E-state index contributed by atoms with van der Waals surface area (Å²) in [6.45, 7) is 2.93. The number of aliphatic carboxylic acids is 1. The van der Waals surface area contributed by atoms with Gasteiger partial charge in [-0.1, -0.05) is 31.5 Å². The number of rotatable bonds is 11. The number of ether oxygens (including phenoxy) is 1. The first kappa shape index (κ1) is 25.0. The first-order chi connectivity index (χ1) is 15.3. The number of fused-ring (bicyclic) bond motifs is 1. The average Bonchev–Trinajstić information content (AvgIpc) is 3.11. The highest BCUT2D eigenvalue weighted by atomic mass is 127. The van der Waals surface area contributed by atoms with Gasteiger partial charge in [-0.15, -0.1) is 0 Å². The van der Waals surface area contributed by atoms with Crippen LogP contribution in [0.1, 0.15) is 41.4 Å². The van der Waals surface area contributed by atoms with Gasteiger partial charge in [-0.05, 0) is 76.8 Å². The molecule has 0 atom stereocenters. The Balaban J connectivity index is 1.85. The Kier molecular flexibility index (Phi) is 8.95. The van der Waals surface area contributed by atoms with E-state index in [2.05, 4.69) is 52.1 Å². The summed E-state index contributed by atoms with van der Waals surface area (Å²) in [7, 11) is 1.74. The van der Waals surface area contributed by atoms with Gasteiger partial charge in [-0.2, -0.15) is 0 Å². The third kappa shape index (κ3) is 6.02. The second-order valence-corrected chi connectivity index (χ2v) is 9.90. The van der Waals surface area contributed by atoms with E-state index < -0.39 is 5.97 Å². The molecule has 32 heavy (non-hydrogen) atoms. The highest BCUT2D eigenvalue weighted by Crippen LogP contribution is 2.33. The summed E-state index contributed by atoms with van der Waals surface area (Å²) >= 11 is 4.35. The first-order valence-electron chi connectivity index (χ1n) is 10.4. The van der Waals surface area contributed by atoms with Crippen LogP contribution in [-0.2, 0) is 11.2 Å². The molecule has 0 aliphatic heterocycles.